The summed E-state index contributed by atoms with van der Waals surface area (Å²) in [5.74, 6) is 0.269. The number of nitrogens with zero attached hydrogens (tertiary/aromatic N) is 3. The molecule has 28 heavy (non-hydrogen) atoms. The Morgan fingerprint density at radius 2 is 1.82 bits per heavy atom. The number of benzene rings is 1. The van der Waals surface area contributed by atoms with Crippen LogP contribution in [0.25, 0.3) is 0 Å². The van der Waals surface area contributed by atoms with Crippen molar-refractivity contribution >= 4 is 23.3 Å². The number of rotatable bonds is 5. The summed E-state index contributed by atoms with van der Waals surface area (Å²) in [6.45, 7) is 3.00. The van der Waals surface area contributed by atoms with Gasteiger partial charge in [0.1, 0.15) is 5.82 Å². The molecule has 1 aromatic carbocycles. The molecule has 0 atom stereocenters. The van der Waals surface area contributed by atoms with Crippen molar-refractivity contribution in [3.63, 3.8) is 0 Å². The molecule has 9 heteroatoms. The number of amides is 1. The highest BCUT2D eigenvalue weighted by Crippen LogP contribution is 2.33. The summed E-state index contributed by atoms with van der Waals surface area (Å²) in [6, 6.07) is 10.5. The Labute approximate surface area is 166 Å². The number of halogens is 4. The molecular formula is C19H20ClF3N4O. The van der Waals surface area contributed by atoms with Crippen LogP contribution in [0.15, 0.2) is 42.6 Å². The van der Waals surface area contributed by atoms with E-state index in [2.05, 4.69) is 10.3 Å². The highest BCUT2D eigenvalue weighted by atomic mass is 35.5. The molecule has 1 amide bonds. The van der Waals surface area contributed by atoms with Crippen LogP contribution in [0, 0.1) is 0 Å². The van der Waals surface area contributed by atoms with Gasteiger partial charge in [0.15, 0.2) is 0 Å². The van der Waals surface area contributed by atoms with Crippen molar-refractivity contribution < 1.29 is 18.0 Å². The molecule has 2 aromatic rings. The largest absolute Gasteiger partial charge is 0.417 e. The van der Waals surface area contributed by atoms with E-state index in [-0.39, 0.29) is 17.5 Å². The lowest BCUT2D eigenvalue weighted by molar-refractivity contribution is -0.137. The third-order valence-corrected chi connectivity index (χ3v) is 4.80. The minimum atomic E-state index is -4.47. The molecule has 0 unspecified atom stereocenters. The van der Waals surface area contributed by atoms with Crippen molar-refractivity contribution in [3.8, 4) is 0 Å². The molecule has 1 aliphatic rings. The molecule has 0 saturated carbocycles. The normalized spacial score (nSPS) is 15.5. The van der Waals surface area contributed by atoms with Gasteiger partial charge in [0, 0.05) is 38.9 Å². The molecule has 1 saturated heterocycles. The van der Waals surface area contributed by atoms with Crippen LogP contribution in [0.3, 0.4) is 0 Å². The second-order valence-electron chi connectivity index (χ2n) is 6.55. The van der Waals surface area contributed by atoms with Gasteiger partial charge in [0.25, 0.3) is 0 Å². The number of hydrogen-bond donors (Lipinski definition) is 1. The lowest BCUT2D eigenvalue weighted by Gasteiger charge is -2.35. The molecule has 0 bridgehead atoms. The molecule has 1 fully saturated rings. The van der Waals surface area contributed by atoms with Gasteiger partial charge in [-0.3, -0.25) is 9.69 Å². The van der Waals surface area contributed by atoms with Crippen molar-refractivity contribution in [2.45, 2.75) is 12.7 Å². The molecule has 0 radical (unpaired) electrons. The van der Waals surface area contributed by atoms with Gasteiger partial charge in [0.05, 0.1) is 17.1 Å². The van der Waals surface area contributed by atoms with E-state index in [0.717, 1.165) is 17.8 Å². The van der Waals surface area contributed by atoms with Gasteiger partial charge in [-0.2, -0.15) is 13.2 Å². The summed E-state index contributed by atoms with van der Waals surface area (Å²) < 4.78 is 38.2. The first-order valence-corrected chi connectivity index (χ1v) is 9.21. The summed E-state index contributed by atoms with van der Waals surface area (Å²) in [7, 11) is 0. The summed E-state index contributed by atoms with van der Waals surface area (Å²) in [4.78, 5) is 19.8. The average Bonchev–Trinajstić information content (AvgIpc) is 2.67. The van der Waals surface area contributed by atoms with Crippen LogP contribution in [0.4, 0.5) is 19.0 Å². The highest BCUT2D eigenvalue weighted by molar-refractivity contribution is 6.33. The average molecular weight is 413 g/mol. The number of piperazine rings is 1. The summed E-state index contributed by atoms with van der Waals surface area (Å²) >= 11 is 6.01. The summed E-state index contributed by atoms with van der Waals surface area (Å²) in [5.41, 5.74) is 0.165. The van der Waals surface area contributed by atoms with E-state index >= 15 is 0 Å². The maximum absolute atomic E-state index is 12.7. The van der Waals surface area contributed by atoms with Gasteiger partial charge in [-0.25, -0.2) is 4.98 Å². The van der Waals surface area contributed by atoms with Crippen LogP contribution in [-0.2, 0) is 17.5 Å². The van der Waals surface area contributed by atoms with Crippen LogP contribution in [0.5, 0.6) is 0 Å². The Bertz CT molecular complexity index is 809. The van der Waals surface area contributed by atoms with E-state index in [4.69, 9.17) is 11.6 Å². The topological polar surface area (TPSA) is 48.5 Å². The molecule has 2 heterocycles. The number of carbonyl (C=O) groups is 1. The smallest absolute Gasteiger partial charge is 0.353 e. The Morgan fingerprint density at radius 3 is 2.43 bits per heavy atom. The zero-order valence-corrected chi connectivity index (χ0v) is 15.8. The Kier molecular flexibility index (Phi) is 6.41. The van der Waals surface area contributed by atoms with Gasteiger partial charge in [-0.15, -0.1) is 0 Å². The summed E-state index contributed by atoms with van der Waals surface area (Å²) in [6.07, 6.45) is -3.68. The molecule has 3 rings (SSSR count). The van der Waals surface area contributed by atoms with Crippen LogP contribution in [0.2, 0.25) is 5.02 Å². The molecule has 1 aromatic heterocycles. The third-order valence-electron chi connectivity index (χ3n) is 4.52. The SMILES string of the molecule is O=C(CN1CCN(c2ncc(C(F)(F)F)cc2Cl)CC1)NCc1ccccc1. The van der Waals surface area contributed by atoms with Crippen LogP contribution < -0.4 is 10.2 Å². The molecule has 150 valence electrons. The fourth-order valence-electron chi connectivity index (χ4n) is 2.99. The monoisotopic (exact) mass is 412 g/mol. The second kappa shape index (κ2) is 8.79. The maximum Gasteiger partial charge on any atom is 0.417 e. The van der Waals surface area contributed by atoms with Crippen LogP contribution in [0.1, 0.15) is 11.1 Å². The quantitative estimate of drug-likeness (QED) is 0.819. The third kappa shape index (κ3) is 5.36. The lowest BCUT2D eigenvalue weighted by Crippen LogP contribution is -2.49. The number of carbonyl (C=O) groups excluding carboxylic acids is 1. The van der Waals surface area contributed by atoms with Gasteiger partial charge in [-0.05, 0) is 11.6 Å². The Hall–Kier alpha value is -2.32. The van der Waals surface area contributed by atoms with E-state index in [1.165, 1.54) is 0 Å². The van der Waals surface area contributed by atoms with E-state index in [1.807, 2.05) is 40.1 Å². The number of nitrogens with one attached hydrogen (secondary N) is 1. The second-order valence-corrected chi connectivity index (χ2v) is 6.96. The van der Waals surface area contributed by atoms with Crippen molar-refractivity contribution in [3.05, 3.63) is 58.7 Å². The Morgan fingerprint density at radius 1 is 1.14 bits per heavy atom. The molecule has 1 N–H and O–H groups in total. The van der Waals surface area contributed by atoms with Gasteiger partial charge < -0.3 is 10.2 Å². The first-order chi connectivity index (χ1) is 13.3. The Balaban J connectivity index is 1.48. The number of aromatic nitrogens is 1. The molecule has 1 aliphatic heterocycles. The molecule has 0 spiro atoms. The minimum absolute atomic E-state index is 0.0242. The lowest BCUT2D eigenvalue weighted by atomic mass is 10.2. The summed E-state index contributed by atoms with van der Waals surface area (Å²) in [5, 5.41) is 2.86. The van der Waals surface area contributed by atoms with E-state index in [9.17, 15) is 18.0 Å². The fraction of sp³-hybridized carbons (Fsp3) is 0.368. The van der Waals surface area contributed by atoms with Crippen molar-refractivity contribution in [2.75, 3.05) is 37.6 Å². The number of alkyl halides is 3. The van der Waals surface area contributed by atoms with E-state index in [0.29, 0.717) is 38.5 Å². The number of anilines is 1. The fourth-order valence-corrected chi connectivity index (χ4v) is 3.28. The standard InChI is InChI=1S/C19H20ClF3N4O/c20-16-10-15(19(21,22)23)12-25-18(16)27-8-6-26(7-9-27)13-17(28)24-11-14-4-2-1-3-5-14/h1-5,10,12H,6-9,11,13H2,(H,24,28). The van der Waals surface area contributed by atoms with Crippen molar-refractivity contribution in [1.82, 2.24) is 15.2 Å². The number of hydrogen-bond acceptors (Lipinski definition) is 4. The van der Waals surface area contributed by atoms with Gasteiger partial charge in [0.2, 0.25) is 5.91 Å². The molecular weight excluding hydrogens is 393 g/mol. The van der Waals surface area contributed by atoms with Crippen LogP contribution in [-0.4, -0.2) is 48.5 Å². The highest BCUT2D eigenvalue weighted by Gasteiger charge is 2.32. The predicted molar refractivity (Wildman–Crippen MR) is 101 cm³/mol. The maximum atomic E-state index is 12.7. The van der Waals surface area contributed by atoms with Crippen LogP contribution >= 0.6 is 11.6 Å². The number of pyridine rings is 1. The minimum Gasteiger partial charge on any atom is -0.353 e. The molecule has 5 nitrogen and oxygen atoms in total. The predicted octanol–water partition coefficient (Wildman–Crippen LogP) is 3.19. The van der Waals surface area contributed by atoms with E-state index in [1.54, 1.807) is 0 Å². The first-order valence-electron chi connectivity index (χ1n) is 8.83. The van der Waals surface area contributed by atoms with Crippen molar-refractivity contribution in [1.29, 1.82) is 0 Å². The molecule has 0 aliphatic carbocycles. The van der Waals surface area contributed by atoms with Gasteiger partial charge in [-0.1, -0.05) is 41.9 Å². The van der Waals surface area contributed by atoms with E-state index < -0.39 is 11.7 Å². The first kappa shape index (κ1) is 20.4. The van der Waals surface area contributed by atoms with Crippen molar-refractivity contribution in [2.24, 2.45) is 0 Å². The van der Waals surface area contributed by atoms with Gasteiger partial charge >= 0.3 is 6.18 Å². The zero-order chi connectivity index (χ0) is 20.1. The zero-order valence-electron chi connectivity index (χ0n) is 15.0.